The van der Waals surface area contributed by atoms with E-state index >= 15 is 0 Å². The summed E-state index contributed by atoms with van der Waals surface area (Å²) in [5, 5.41) is 0. The summed E-state index contributed by atoms with van der Waals surface area (Å²) in [7, 11) is 0. The van der Waals surface area contributed by atoms with E-state index in [9.17, 15) is 1.37 Å². The molecule has 0 amide bonds. The topological polar surface area (TPSA) is 12.9 Å². The maximum atomic E-state index is 9.20. The lowest BCUT2D eigenvalue weighted by atomic mass is 9.83. The van der Waals surface area contributed by atoms with Gasteiger partial charge in [0.05, 0.1) is 9.81 Å². The van der Waals surface area contributed by atoms with Gasteiger partial charge in [0.15, 0.2) is 0 Å². The van der Waals surface area contributed by atoms with Crippen LogP contribution in [0.4, 0.5) is 0 Å². The van der Waals surface area contributed by atoms with Crippen LogP contribution in [-0.2, 0) is 0 Å². The molecule has 1 aliphatic carbocycles. The van der Waals surface area contributed by atoms with Gasteiger partial charge in [0.2, 0.25) is 0 Å². The number of hydrogen-bond donors (Lipinski definition) is 0. The zero-order chi connectivity index (χ0) is 20.6. The van der Waals surface area contributed by atoms with Crippen molar-refractivity contribution in [2.24, 2.45) is 5.92 Å². The Bertz CT molecular complexity index is 1000. The van der Waals surface area contributed by atoms with Gasteiger partial charge in [-0.2, -0.15) is 0 Å². The molecular weight excluding hydrogens is 302 g/mol. The van der Waals surface area contributed by atoms with Crippen molar-refractivity contribution in [3.8, 4) is 22.4 Å². The van der Waals surface area contributed by atoms with Gasteiger partial charge >= 0.3 is 0 Å². The number of pyridine rings is 1. The summed E-state index contributed by atoms with van der Waals surface area (Å²) >= 11 is 0. The fourth-order valence-electron chi connectivity index (χ4n) is 3.82. The molecule has 1 heteroatoms. The number of rotatable bonds is 4. The molecule has 1 nitrogen and oxygen atoms in total. The molecule has 1 aromatic heterocycles. The Morgan fingerprint density at radius 1 is 1.00 bits per heavy atom. The van der Waals surface area contributed by atoms with Crippen LogP contribution in [0.3, 0.4) is 0 Å². The molecule has 0 saturated heterocycles. The second-order valence-electron chi connectivity index (χ2n) is 6.80. The predicted octanol–water partition coefficient (Wildman–Crippen LogP) is 6.71. The van der Waals surface area contributed by atoms with E-state index in [-0.39, 0.29) is 18.1 Å². The van der Waals surface area contributed by atoms with E-state index < -0.39 is 5.89 Å². The Balaban J connectivity index is 1.87. The summed E-state index contributed by atoms with van der Waals surface area (Å²) in [6.07, 6.45) is 6.33. The van der Waals surface area contributed by atoms with E-state index in [0.29, 0.717) is 17.2 Å². The van der Waals surface area contributed by atoms with Crippen molar-refractivity contribution in [2.45, 2.75) is 38.5 Å². The second kappa shape index (κ2) is 7.23. The van der Waals surface area contributed by atoms with Gasteiger partial charge in [-0.25, -0.2) is 0 Å². The van der Waals surface area contributed by atoms with Crippen molar-refractivity contribution in [2.75, 3.05) is 0 Å². The molecule has 1 unspecified atom stereocenters. The average Bonchev–Trinajstić information content (AvgIpc) is 3.28. The summed E-state index contributed by atoms with van der Waals surface area (Å²) in [5.74, 6) is -0.403. The Hall–Kier alpha value is -2.41. The smallest absolute Gasteiger partial charge is 0.0708 e. The molecule has 1 heterocycles. The third-order valence-corrected chi connectivity index (χ3v) is 5.28. The Labute approximate surface area is 156 Å². The van der Waals surface area contributed by atoms with Crippen LogP contribution in [0.15, 0.2) is 72.9 Å². The molecule has 4 rings (SSSR count). The first-order chi connectivity index (χ1) is 13.9. The standard InChI is InChI=1S/C24H25N/c1-18(19-10-8-9-11-19)23-17-25-24(21-14-6-3-7-15-21)16-22(23)20-12-4-2-5-13-20/h2-7,12-19H,8-11H2,1H3/i3D,6D,7D,18D. The van der Waals surface area contributed by atoms with Crippen molar-refractivity contribution in [3.05, 3.63) is 78.4 Å². The van der Waals surface area contributed by atoms with E-state index in [1.54, 1.807) is 12.1 Å². The number of benzene rings is 2. The zero-order valence-electron chi connectivity index (χ0n) is 18.5. The predicted molar refractivity (Wildman–Crippen MR) is 105 cm³/mol. The largest absolute Gasteiger partial charge is 0.256 e. The van der Waals surface area contributed by atoms with Crippen LogP contribution in [0.5, 0.6) is 0 Å². The van der Waals surface area contributed by atoms with Gasteiger partial charge < -0.3 is 0 Å². The van der Waals surface area contributed by atoms with Crippen LogP contribution in [0.1, 0.15) is 49.5 Å². The Kier molecular flexibility index (Phi) is 3.48. The first-order valence-corrected chi connectivity index (χ1v) is 9.02. The molecule has 0 aliphatic heterocycles. The lowest BCUT2D eigenvalue weighted by molar-refractivity contribution is 0.461. The highest BCUT2D eigenvalue weighted by Gasteiger charge is 2.25. The number of hydrogen-bond acceptors (Lipinski definition) is 1. The molecule has 0 spiro atoms. The monoisotopic (exact) mass is 331 g/mol. The molecule has 1 fully saturated rings. The fourth-order valence-corrected chi connectivity index (χ4v) is 3.82. The Morgan fingerprint density at radius 3 is 2.44 bits per heavy atom. The van der Waals surface area contributed by atoms with Crippen molar-refractivity contribution < 1.29 is 5.48 Å². The molecule has 0 bridgehead atoms. The van der Waals surface area contributed by atoms with Gasteiger partial charge in [0, 0.05) is 13.1 Å². The van der Waals surface area contributed by atoms with Gasteiger partial charge in [0.25, 0.3) is 0 Å². The van der Waals surface area contributed by atoms with E-state index in [4.69, 9.17) is 4.11 Å². The minimum Gasteiger partial charge on any atom is -0.256 e. The fraction of sp³-hybridized carbons (Fsp3) is 0.292. The van der Waals surface area contributed by atoms with Crippen molar-refractivity contribution >= 4 is 0 Å². The first kappa shape index (κ1) is 12.0. The minimum atomic E-state index is -0.723. The average molecular weight is 331 g/mol. The van der Waals surface area contributed by atoms with E-state index in [2.05, 4.69) is 4.98 Å². The van der Waals surface area contributed by atoms with Crippen molar-refractivity contribution in [1.82, 2.24) is 4.98 Å². The highest BCUT2D eigenvalue weighted by molar-refractivity contribution is 5.73. The number of aromatic nitrogens is 1. The van der Waals surface area contributed by atoms with E-state index in [1.807, 2.05) is 49.5 Å². The van der Waals surface area contributed by atoms with Crippen LogP contribution in [0.25, 0.3) is 22.4 Å². The summed E-state index contributed by atoms with van der Waals surface area (Å²) < 4.78 is 32.9. The van der Waals surface area contributed by atoms with E-state index in [0.717, 1.165) is 29.5 Å². The highest BCUT2D eigenvalue weighted by Crippen LogP contribution is 2.41. The highest BCUT2D eigenvalue weighted by atomic mass is 14.7. The minimum absolute atomic E-state index is 0.0240. The molecule has 0 radical (unpaired) electrons. The van der Waals surface area contributed by atoms with Crippen LogP contribution in [0.2, 0.25) is 0 Å². The maximum absolute atomic E-state index is 9.20. The number of nitrogens with zero attached hydrogens (tertiary/aromatic N) is 1. The first-order valence-electron chi connectivity index (χ1n) is 11.0. The van der Waals surface area contributed by atoms with Gasteiger partial charge in [-0.05, 0) is 47.4 Å². The molecular formula is C24H25N. The maximum Gasteiger partial charge on any atom is 0.0708 e. The lowest BCUT2D eigenvalue weighted by Gasteiger charge is -2.22. The van der Waals surface area contributed by atoms with Gasteiger partial charge in [-0.3, -0.25) is 4.98 Å². The van der Waals surface area contributed by atoms with Crippen LogP contribution in [0, 0.1) is 5.92 Å². The summed E-state index contributed by atoms with van der Waals surface area (Å²) in [6, 6.07) is 15.2. The molecule has 3 aromatic rings. The SMILES string of the molecule is [2H]c1cc(-c2cc(-c3ccccc3)c(C([2H])(C)C3CCCC3)cn2)cc([2H])c1[2H]. The van der Waals surface area contributed by atoms with Crippen LogP contribution < -0.4 is 0 Å². The van der Waals surface area contributed by atoms with Gasteiger partial charge in [0.1, 0.15) is 0 Å². The van der Waals surface area contributed by atoms with Gasteiger partial charge in [-0.15, -0.1) is 0 Å². The molecule has 25 heavy (non-hydrogen) atoms. The summed E-state index contributed by atoms with van der Waals surface area (Å²) in [5.41, 5.74) is 4.27. The molecule has 126 valence electrons. The molecule has 1 atom stereocenters. The van der Waals surface area contributed by atoms with Crippen LogP contribution >= 0.6 is 0 Å². The third-order valence-electron chi connectivity index (χ3n) is 5.28. The molecule has 2 aromatic carbocycles. The quantitative estimate of drug-likeness (QED) is 0.518. The molecule has 1 aliphatic rings. The Morgan fingerprint density at radius 2 is 1.72 bits per heavy atom. The molecule has 1 saturated carbocycles. The van der Waals surface area contributed by atoms with Gasteiger partial charge in [-0.1, -0.05) is 80.4 Å². The van der Waals surface area contributed by atoms with Crippen molar-refractivity contribution in [1.29, 1.82) is 0 Å². The second-order valence-corrected chi connectivity index (χ2v) is 6.80. The molecule has 0 N–H and O–H groups in total. The van der Waals surface area contributed by atoms with Crippen LogP contribution in [-0.4, -0.2) is 4.98 Å². The normalized spacial score (nSPS) is 19.6. The van der Waals surface area contributed by atoms with Crippen molar-refractivity contribution in [3.63, 3.8) is 0 Å². The lowest BCUT2D eigenvalue weighted by Crippen LogP contribution is -2.08. The van der Waals surface area contributed by atoms with E-state index in [1.165, 1.54) is 12.8 Å². The zero-order valence-corrected chi connectivity index (χ0v) is 14.5. The third kappa shape index (κ3) is 3.37. The summed E-state index contributed by atoms with van der Waals surface area (Å²) in [6.45, 7) is 2.00. The summed E-state index contributed by atoms with van der Waals surface area (Å²) in [4.78, 5) is 4.64.